The largest absolute Gasteiger partial charge is 0.416 e. The zero-order valence-electron chi connectivity index (χ0n) is 18.4. The standard InChI is InChI=1S/C22H18F3N7O3S/c1-2-36(34,35)10-7-20(33)28-21-19(15-11-18(13-26-12-15)31-9-8-27-30-31)14-32(29-21)17-5-3-16(4-6-17)22(23,24)25/h2-6,8-9,11-14H,1,7,10H2,(H,28,29,33). The Morgan fingerprint density at radius 2 is 1.86 bits per heavy atom. The third-order valence-electron chi connectivity index (χ3n) is 5.02. The van der Waals surface area contributed by atoms with Gasteiger partial charge in [-0.2, -0.15) is 13.2 Å². The number of rotatable bonds is 8. The van der Waals surface area contributed by atoms with Crippen LogP contribution in [-0.2, 0) is 20.8 Å². The van der Waals surface area contributed by atoms with Crippen LogP contribution in [0, 0.1) is 0 Å². The second kappa shape index (κ2) is 9.73. The van der Waals surface area contributed by atoms with Crippen LogP contribution in [0.25, 0.3) is 22.5 Å². The zero-order valence-corrected chi connectivity index (χ0v) is 19.2. The molecule has 14 heteroatoms. The molecular formula is C22H18F3N7O3S. The molecule has 1 N–H and O–H groups in total. The summed E-state index contributed by atoms with van der Waals surface area (Å²) in [5.74, 6) is -1.01. The molecule has 0 saturated carbocycles. The van der Waals surface area contributed by atoms with E-state index in [1.165, 1.54) is 46.3 Å². The van der Waals surface area contributed by atoms with E-state index in [4.69, 9.17) is 0 Å². The molecule has 3 aromatic heterocycles. The van der Waals surface area contributed by atoms with E-state index < -0.39 is 33.2 Å². The molecule has 1 amide bonds. The Hall–Kier alpha value is -4.33. The van der Waals surface area contributed by atoms with Crippen LogP contribution in [-0.4, -0.2) is 49.8 Å². The monoisotopic (exact) mass is 517 g/mol. The number of halogens is 3. The number of nitrogens with one attached hydrogen (secondary N) is 1. The molecule has 10 nitrogen and oxygen atoms in total. The first-order chi connectivity index (χ1) is 17.1. The predicted octanol–water partition coefficient (Wildman–Crippen LogP) is 3.42. The third-order valence-corrected chi connectivity index (χ3v) is 6.30. The Morgan fingerprint density at radius 1 is 1.11 bits per heavy atom. The van der Waals surface area contributed by atoms with Crippen molar-refractivity contribution in [3.05, 3.63) is 78.9 Å². The minimum absolute atomic E-state index is 0.0634. The lowest BCUT2D eigenvalue weighted by Gasteiger charge is -2.07. The van der Waals surface area contributed by atoms with E-state index in [1.807, 2.05) is 0 Å². The van der Waals surface area contributed by atoms with E-state index in [0.29, 0.717) is 22.5 Å². The van der Waals surface area contributed by atoms with Crippen molar-refractivity contribution < 1.29 is 26.4 Å². The van der Waals surface area contributed by atoms with Gasteiger partial charge in [0.15, 0.2) is 15.7 Å². The summed E-state index contributed by atoms with van der Waals surface area (Å²) in [6.45, 7) is 3.21. The Morgan fingerprint density at radius 3 is 2.50 bits per heavy atom. The quantitative estimate of drug-likeness (QED) is 0.380. The number of pyridine rings is 1. The summed E-state index contributed by atoms with van der Waals surface area (Å²) in [7, 11) is -3.59. The summed E-state index contributed by atoms with van der Waals surface area (Å²) >= 11 is 0. The van der Waals surface area contributed by atoms with Crippen LogP contribution in [0.1, 0.15) is 12.0 Å². The fraction of sp³-hybridized carbons (Fsp3) is 0.136. The summed E-state index contributed by atoms with van der Waals surface area (Å²) in [6, 6.07) is 6.02. The fourth-order valence-electron chi connectivity index (χ4n) is 3.17. The van der Waals surface area contributed by atoms with Crippen molar-refractivity contribution in [1.82, 2.24) is 29.8 Å². The first kappa shape index (κ1) is 24.8. The first-order valence-electron chi connectivity index (χ1n) is 10.3. The Kier molecular flexibility index (Phi) is 6.70. The van der Waals surface area contributed by atoms with Gasteiger partial charge < -0.3 is 5.32 Å². The Labute approximate surface area is 203 Å². The van der Waals surface area contributed by atoms with E-state index >= 15 is 0 Å². The van der Waals surface area contributed by atoms with Gasteiger partial charge in [-0.05, 0) is 30.3 Å². The number of benzene rings is 1. The van der Waals surface area contributed by atoms with E-state index in [-0.39, 0.29) is 12.2 Å². The van der Waals surface area contributed by atoms with Gasteiger partial charge in [-0.3, -0.25) is 9.78 Å². The van der Waals surface area contributed by atoms with E-state index in [2.05, 4.69) is 32.3 Å². The van der Waals surface area contributed by atoms with Crippen LogP contribution in [0.2, 0.25) is 0 Å². The molecule has 0 radical (unpaired) electrons. The maximum atomic E-state index is 13.0. The second-order valence-electron chi connectivity index (χ2n) is 7.49. The van der Waals surface area contributed by atoms with Gasteiger partial charge in [0.25, 0.3) is 0 Å². The van der Waals surface area contributed by atoms with Gasteiger partial charge in [-0.15, -0.1) is 10.2 Å². The molecule has 0 unspecified atom stereocenters. The normalized spacial score (nSPS) is 11.9. The van der Waals surface area contributed by atoms with E-state index in [9.17, 15) is 26.4 Å². The van der Waals surface area contributed by atoms with Crippen LogP contribution >= 0.6 is 0 Å². The second-order valence-corrected chi connectivity index (χ2v) is 9.56. The van der Waals surface area contributed by atoms with E-state index in [0.717, 1.165) is 17.5 Å². The van der Waals surface area contributed by atoms with Crippen LogP contribution in [0.15, 0.2) is 73.3 Å². The zero-order chi connectivity index (χ0) is 25.9. The number of nitrogens with zero attached hydrogens (tertiary/aromatic N) is 6. The van der Waals surface area contributed by atoms with Gasteiger partial charge in [0.1, 0.15) is 0 Å². The topological polar surface area (TPSA) is 125 Å². The number of carbonyl (C=O) groups is 1. The van der Waals surface area contributed by atoms with Gasteiger partial charge in [0.05, 0.1) is 41.3 Å². The maximum absolute atomic E-state index is 13.0. The minimum atomic E-state index is -4.49. The molecule has 186 valence electrons. The first-order valence-corrected chi connectivity index (χ1v) is 12.0. The van der Waals surface area contributed by atoms with Gasteiger partial charge in [0.2, 0.25) is 5.91 Å². The number of carbonyl (C=O) groups excluding carboxylic acids is 1. The lowest BCUT2D eigenvalue weighted by atomic mass is 10.1. The summed E-state index contributed by atoms with van der Waals surface area (Å²) < 4.78 is 65.0. The van der Waals surface area contributed by atoms with Crippen molar-refractivity contribution in [1.29, 1.82) is 0 Å². The molecule has 0 bridgehead atoms. The molecule has 3 heterocycles. The molecule has 1 aromatic carbocycles. The highest BCUT2D eigenvalue weighted by atomic mass is 32.2. The third kappa shape index (κ3) is 5.66. The number of hydrogen-bond acceptors (Lipinski definition) is 7. The number of aromatic nitrogens is 6. The molecule has 0 atom stereocenters. The Bertz CT molecular complexity index is 1500. The van der Waals surface area contributed by atoms with Crippen molar-refractivity contribution in [3.63, 3.8) is 0 Å². The summed E-state index contributed by atoms with van der Waals surface area (Å²) in [5.41, 5.74) is 0.945. The smallest absolute Gasteiger partial charge is 0.309 e. The molecule has 0 aliphatic heterocycles. The van der Waals surface area contributed by atoms with Crippen LogP contribution in [0.4, 0.5) is 19.0 Å². The van der Waals surface area contributed by atoms with Crippen molar-refractivity contribution in [3.8, 4) is 22.5 Å². The minimum Gasteiger partial charge on any atom is -0.309 e. The lowest BCUT2D eigenvalue weighted by Crippen LogP contribution is -2.17. The molecule has 4 aromatic rings. The highest BCUT2D eigenvalue weighted by molar-refractivity contribution is 7.94. The molecule has 0 saturated heterocycles. The summed E-state index contributed by atoms with van der Waals surface area (Å²) in [5, 5.41) is 15.3. The van der Waals surface area contributed by atoms with Crippen LogP contribution in [0.3, 0.4) is 0 Å². The van der Waals surface area contributed by atoms with Gasteiger partial charge in [-0.25, -0.2) is 17.8 Å². The van der Waals surface area contributed by atoms with Gasteiger partial charge >= 0.3 is 6.18 Å². The van der Waals surface area contributed by atoms with Crippen molar-refractivity contribution >= 4 is 21.6 Å². The number of amides is 1. The van der Waals surface area contributed by atoms with Gasteiger partial charge in [-0.1, -0.05) is 11.8 Å². The number of sulfone groups is 1. The highest BCUT2D eigenvalue weighted by Gasteiger charge is 2.30. The number of alkyl halides is 3. The van der Waals surface area contributed by atoms with Crippen LogP contribution in [0.5, 0.6) is 0 Å². The molecular weight excluding hydrogens is 499 g/mol. The van der Waals surface area contributed by atoms with Gasteiger partial charge in [0, 0.05) is 35.3 Å². The highest BCUT2D eigenvalue weighted by Crippen LogP contribution is 2.32. The average molecular weight is 517 g/mol. The number of hydrogen-bond donors (Lipinski definition) is 1. The summed E-state index contributed by atoms with van der Waals surface area (Å²) in [4.78, 5) is 16.7. The van der Waals surface area contributed by atoms with Crippen molar-refractivity contribution in [2.75, 3.05) is 11.1 Å². The lowest BCUT2D eigenvalue weighted by molar-refractivity contribution is -0.137. The number of anilines is 1. The Balaban J connectivity index is 1.71. The molecule has 0 fully saturated rings. The SMILES string of the molecule is C=CS(=O)(=O)CCC(=O)Nc1nn(-c2ccc(C(F)(F)F)cc2)cc1-c1cncc(-n2ccnn2)c1. The fourth-order valence-corrected chi connectivity index (χ4v) is 3.81. The maximum Gasteiger partial charge on any atom is 0.416 e. The predicted molar refractivity (Wildman–Crippen MR) is 124 cm³/mol. The molecule has 4 rings (SSSR count). The summed E-state index contributed by atoms with van der Waals surface area (Å²) in [6.07, 6.45) is 2.81. The molecule has 0 spiro atoms. The van der Waals surface area contributed by atoms with Crippen molar-refractivity contribution in [2.24, 2.45) is 0 Å². The molecule has 0 aliphatic rings. The van der Waals surface area contributed by atoms with Crippen molar-refractivity contribution in [2.45, 2.75) is 12.6 Å². The van der Waals surface area contributed by atoms with E-state index in [1.54, 1.807) is 12.3 Å². The average Bonchev–Trinajstić information content (AvgIpc) is 3.53. The molecule has 0 aliphatic carbocycles. The van der Waals surface area contributed by atoms with Crippen LogP contribution < -0.4 is 5.32 Å². The molecule has 36 heavy (non-hydrogen) atoms.